The smallest absolute Gasteiger partial charge is 0.273 e. The first kappa shape index (κ1) is 9.73. The van der Waals surface area contributed by atoms with E-state index < -0.39 is 0 Å². The summed E-state index contributed by atoms with van der Waals surface area (Å²) in [4.78, 5) is 18.3. The maximum atomic E-state index is 11.5. The molecular formula is C10H8ClN3O. The maximum Gasteiger partial charge on any atom is 0.273 e. The van der Waals surface area contributed by atoms with Gasteiger partial charge in [0.15, 0.2) is 0 Å². The number of anilines is 1. The van der Waals surface area contributed by atoms with Crippen molar-refractivity contribution in [3.05, 3.63) is 47.4 Å². The van der Waals surface area contributed by atoms with E-state index in [1.165, 1.54) is 6.20 Å². The predicted octanol–water partition coefficient (Wildman–Crippen LogP) is 2.32. The number of rotatable bonds is 2. The van der Waals surface area contributed by atoms with Gasteiger partial charge in [-0.2, -0.15) is 0 Å². The molecule has 0 aliphatic carbocycles. The number of aromatic amines is 1. The Bertz CT molecular complexity index is 450. The van der Waals surface area contributed by atoms with Gasteiger partial charge in [-0.15, -0.1) is 0 Å². The van der Waals surface area contributed by atoms with E-state index in [1.807, 2.05) is 0 Å². The molecule has 76 valence electrons. The molecule has 2 heterocycles. The SMILES string of the molecule is O=C(Nc1ccc(Cl)cn1)c1ccc[nH]1. The number of amides is 1. The zero-order valence-electron chi connectivity index (χ0n) is 7.70. The lowest BCUT2D eigenvalue weighted by Crippen LogP contribution is -2.12. The monoisotopic (exact) mass is 221 g/mol. The van der Waals surface area contributed by atoms with Gasteiger partial charge in [-0.1, -0.05) is 11.6 Å². The third kappa shape index (κ3) is 2.35. The molecule has 0 fully saturated rings. The molecule has 0 saturated carbocycles. The summed E-state index contributed by atoms with van der Waals surface area (Å²) in [6.45, 7) is 0. The standard InChI is InChI=1S/C10H8ClN3O/c11-7-3-4-9(13-6-7)14-10(15)8-2-1-5-12-8/h1-6,12H,(H,13,14,15). The Morgan fingerprint density at radius 2 is 2.27 bits per heavy atom. The summed E-state index contributed by atoms with van der Waals surface area (Å²) < 4.78 is 0. The fourth-order valence-corrected chi connectivity index (χ4v) is 1.22. The molecule has 0 spiro atoms. The first-order valence-corrected chi connectivity index (χ1v) is 4.70. The lowest BCUT2D eigenvalue weighted by atomic mass is 10.4. The Labute approximate surface area is 91.3 Å². The molecule has 0 atom stereocenters. The Balaban J connectivity index is 2.09. The second-order valence-corrected chi connectivity index (χ2v) is 3.34. The van der Waals surface area contributed by atoms with Crippen LogP contribution in [0, 0.1) is 0 Å². The van der Waals surface area contributed by atoms with Crippen LogP contribution < -0.4 is 5.32 Å². The van der Waals surface area contributed by atoms with Gasteiger partial charge >= 0.3 is 0 Å². The highest BCUT2D eigenvalue weighted by molar-refractivity contribution is 6.30. The fraction of sp³-hybridized carbons (Fsp3) is 0. The average Bonchev–Trinajstić information content (AvgIpc) is 2.74. The number of pyridine rings is 1. The fourth-order valence-electron chi connectivity index (χ4n) is 1.10. The molecule has 15 heavy (non-hydrogen) atoms. The number of carbonyl (C=O) groups is 1. The van der Waals surface area contributed by atoms with Crippen molar-refractivity contribution >= 4 is 23.3 Å². The molecule has 0 aromatic carbocycles. The predicted molar refractivity (Wildman–Crippen MR) is 58.0 cm³/mol. The highest BCUT2D eigenvalue weighted by atomic mass is 35.5. The van der Waals surface area contributed by atoms with Crippen LogP contribution >= 0.6 is 11.6 Å². The van der Waals surface area contributed by atoms with E-state index in [0.717, 1.165) is 0 Å². The third-order valence-corrected chi connectivity index (χ3v) is 2.04. The molecule has 0 aliphatic heterocycles. The zero-order valence-corrected chi connectivity index (χ0v) is 8.45. The summed E-state index contributed by atoms with van der Waals surface area (Å²) in [6, 6.07) is 6.75. The molecule has 0 saturated heterocycles. The van der Waals surface area contributed by atoms with Crippen molar-refractivity contribution in [1.82, 2.24) is 9.97 Å². The van der Waals surface area contributed by atoms with Crippen molar-refractivity contribution in [3.8, 4) is 0 Å². The minimum absolute atomic E-state index is 0.227. The second kappa shape index (κ2) is 4.14. The van der Waals surface area contributed by atoms with Crippen LogP contribution in [0.15, 0.2) is 36.7 Å². The number of nitrogens with one attached hydrogen (secondary N) is 2. The normalized spacial score (nSPS) is 9.93. The number of halogens is 1. The maximum absolute atomic E-state index is 11.5. The zero-order chi connectivity index (χ0) is 10.7. The van der Waals surface area contributed by atoms with Crippen molar-refractivity contribution in [2.45, 2.75) is 0 Å². The summed E-state index contributed by atoms with van der Waals surface area (Å²) in [5, 5.41) is 3.17. The van der Waals surface area contributed by atoms with E-state index in [0.29, 0.717) is 16.5 Å². The van der Waals surface area contributed by atoms with Gasteiger partial charge < -0.3 is 10.3 Å². The van der Waals surface area contributed by atoms with Gasteiger partial charge in [0.05, 0.1) is 5.02 Å². The Morgan fingerprint density at radius 3 is 2.87 bits per heavy atom. The number of hydrogen-bond donors (Lipinski definition) is 2. The number of aromatic nitrogens is 2. The Morgan fingerprint density at radius 1 is 1.40 bits per heavy atom. The third-order valence-electron chi connectivity index (χ3n) is 1.81. The van der Waals surface area contributed by atoms with Gasteiger partial charge in [0, 0.05) is 12.4 Å². The van der Waals surface area contributed by atoms with Crippen LogP contribution in [0.25, 0.3) is 0 Å². The van der Waals surface area contributed by atoms with Crippen molar-refractivity contribution in [2.24, 2.45) is 0 Å². The van der Waals surface area contributed by atoms with Crippen LogP contribution in [0.3, 0.4) is 0 Å². The highest BCUT2D eigenvalue weighted by Gasteiger charge is 2.06. The topological polar surface area (TPSA) is 57.8 Å². The number of hydrogen-bond acceptors (Lipinski definition) is 2. The van der Waals surface area contributed by atoms with E-state index in [4.69, 9.17) is 11.6 Å². The van der Waals surface area contributed by atoms with Crippen molar-refractivity contribution < 1.29 is 4.79 Å². The van der Waals surface area contributed by atoms with E-state index in [1.54, 1.807) is 30.5 Å². The van der Waals surface area contributed by atoms with Crippen LogP contribution in [0.5, 0.6) is 0 Å². The molecule has 0 radical (unpaired) electrons. The molecule has 2 rings (SSSR count). The van der Waals surface area contributed by atoms with Gasteiger partial charge in [-0.05, 0) is 24.3 Å². The van der Waals surface area contributed by atoms with Gasteiger partial charge in [0.1, 0.15) is 11.5 Å². The van der Waals surface area contributed by atoms with E-state index in [2.05, 4.69) is 15.3 Å². The molecule has 2 aromatic heterocycles. The summed E-state index contributed by atoms with van der Waals surface area (Å²) in [5.74, 6) is 0.244. The number of carbonyl (C=O) groups excluding carboxylic acids is 1. The van der Waals surface area contributed by atoms with E-state index >= 15 is 0 Å². The summed E-state index contributed by atoms with van der Waals surface area (Å²) in [5.41, 5.74) is 0.492. The lowest BCUT2D eigenvalue weighted by Gasteiger charge is -2.01. The lowest BCUT2D eigenvalue weighted by molar-refractivity contribution is 0.102. The van der Waals surface area contributed by atoms with Gasteiger partial charge in [-0.3, -0.25) is 4.79 Å². The molecule has 0 unspecified atom stereocenters. The van der Waals surface area contributed by atoms with Gasteiger partial charge in [-0.25, -0.2) is 4.98 Å². The van der Waals surface area contributed by atoms with Crippen LogP contribution in [0.2, 0.25) is 5.02 Å². The summed E-state index contributed by atoms with van der Waals surface area (Å²) in [6.07, 6.45) is 3.16. The van der Waals surface area contributed by atoms with Crippen LogP contribution in [-0.4, -0.2) is 15.9 Å². The van der Waals surface area contributed by atoms with E-state index in [9.17, 15) is 4.79 Å². The molecule has 1 amide bonds. The largest absolute Gasteiger partial charge is 0.357 e. The van der Waals surface area contributed by atoms with Crippen molar-refractivity contribution in [1.29, 1.82) is 0 Å². The second-order valence-electron chi connectivity index (χ2n) is 2.90. The average molecular weight is 222 g/mol. The Hall–Kier alpha value is -1.81. The van der Waals surface area contributed by atoms with Crippen molar-refractivity contribution in [2.75, 3.05) is 5.32 Å². The van der Waals surface area contributed by atoms with Crippen LogP contribution in [-0.2, 0) is 0 Å². The minimum atomic E-state index is -0.227. The first-order valence-electron chi connectivity index (χ1n) is 4.32. The minimum Gasteiger partial charge on any atom is -0.357 e. The Kier molecular flexibility index (Phi) is 2.69. The van der Waals surface area contributed by atoms with Gasteiger partial charge in [0.2, 0.25) is 0 Å². The summed E-state index contributed by atoms with van der Waals surface area (Å²) >= 11 is 5.67. The highest BCUT2D eigenvalue weighted by Crippen LogP contribution is 2.10. The number of H-pyrrole nitrogens is 1. The number of nitrogens with zero attached hydrogens (tertiary/aromatic N) is 1. The van der Waals surface area contributed by atoms with Crippen LogP contribution in [0.1, 0.15) is 10.5 Å². The first-order chi connectivity index (χ1) is 7.25. The molecule has 4 nitrogen and oxygen atoms in total. The molecule has 2 N–H and O–H groups in total. The molecule has 0 bridgehead atoms. The molecule has 0 aliphatic rings. The van der Waals surface area contributed by atoms with Gasteiger partial charge in [0.25, 0.3) is 5.91 Å². The molecular weight excluding hydrogens is 214 g/mol. The summed E-state index contributed by atoms with van der Waals surface area (Å²) in [7, 11) is 0. The van der Waals surface area contributed by atoms with Crippen LogP contribution in [0.4, 0.5) is 5.82 Å². The molecule has 2 aromatic rings. The quantitative estimate of drug-likeness (QED) is 0.818. The van der Waals surface area contributed by atoms with Crippen molar-refractivity contribution in [3.63, 3.8) is 0 Å². The van der Waals surface area contributed by atoms with E-state index in [-0.39, 0.29) is 5.91 Å². The molecule has 5 heteroatoms.